The quantitative estimate of drug-likeness (QED) is 0.241. The van der Waals surface area contributed by atoms with E-state index in [-0.39, 0.29) is 23.7 Å². The number of para-hydroxylation sites is 1. The molecular formula is C35H38N4O4. The molecule has 1 fully saturated rings. The van der Waals surface area contributed by atoms with Crippen LogP contribution in [-0.4, -0.2) is 65.4 Å². The molecule has 0 saturated carbocycles. The zero-order chi connectivity index (χ0) is 30.4. The molecule has 5 rings (SSSR count). The number of allylic oxidation sites excluding steroid dienone is 2. The third-order valence-corrected chi connectivity index (χ3v) is 8.60. The fourth-order valence-corrected chi connectivity index (χ4v) is 6.25. The highest BCUT2D eigenvalue weighted by atomic mass is 16.4. The van der Waals surface area contributed by atoms with Crippen LogP contribution in [0, 0.1) is 0 Å². The van der Waals surface area contributed by atoms with E-state index < -0.39 is 5.97 Å². The number of carboxylic acids is 1. The van der Waals surface area contributed by atoms with Gasteiger partial charge in [-0.1, -0.05) is 61.2 Å². The fraction of sp³-hybridized carbons (Fsp3) is 0.343. The summed E-state index contributed by atoms with van der Waals surface area (Å²) in [6, 6.07) is 18.0. The van der Waals surface area contributed by atoms with Gasteiger partial charge < -0.3 is 14.9 Å². The molecule has 0 unspecified atom stereocenters. The second kappa shape index (κ2) is 13.2. The Balaban J connectivity index is 1.29. The highest BCUT2D eigenvalue weighted by Gasteiger charge is 2.46. The Morgan fingerprint density at radius 2 is 1.74 bits per heavy atom. The van der Waals surface area contributed by atoms with Crippen molar-refractivity contribution in [2.45, 2.75) is 50.9 Å². The molecule has 0 atom stereocenters. The zero-order valence-corrected chi connectivity index (χ0v) is 24.7. The molecule has 1 saturated heterocycles. The molecule has 8 nitrogen and oxygen atoms in total. The minimum atomic E-state index is -0.792. The maximum Gasteiger partial charge on any atom is 0.303 e. The molecule has 2 aromatic carbocycles. The summed E-state index contributed by atoms with van der Waals surface area (Å²) >= 11 is 0. The summed E-state index contributed by atoms with van der Waals surface area (Å²) in [6.07, 6.45) is 8.90. The second-order valence-corrected chi connectivity index (χ2v) is 11.4. The number of anilines is 1. The maximum atomic E-state index is 13.5. The lowest BCUT2D eigenvalue weighted by atomic mass is 9.74. The molecule has 1 N–H and O–H groups in total. The molecular weight excluding hydrogens is 540 g/mol. The summed E-state index contributed by atoms with van der Waals surface area (Å²) < 4.78 is 0. The van der Waals surface area contributed by atoms with E-state index in [2.05, 4.69) is 12.6 Å². The Morgan fingerprint density at radius 3 is 2.44 bits per heavy atom. The first-order valence-electron chi connectivity index (χ1n) is 14.9. The van der Waals surface area contributed by atoms with Gasteiger partial charge in [-0.3, -0.25) is 19.4 Å². The number of piperidine rings is 1. The Kier molecular flexibility index (Phi) is 9.14. The van der Waals surface area contributed by atoms with Gasteiger partial charge in [-0.05, 0) is 55.9 Å². The molecule has 3 heterocycles. The molecule has 0 radical (unpaired) electrons. The molecule has 3 aliphatic heterocycles. The van der Waals surface area contributed by atoms with Crippen LogP contribution in [0.15, 0.2) is 101 Å². The van der Waals surface area contributed by atoms with Crippen LogP contribution in [0.4, 0.5) is 5.69 Å². The van der Waals surface area contributed by atoms with E-state index in [0.717, 1.165) is 47.6 Å². The number of likely N-dealkylation sites (tertiary alicyclic amines) is 1. The van der Waals surface area contributed by atoms with Gasteiger partial charge in [-0.2, -0.15) is 0 Å². The van der Waals surface area contributed by atoms with Crippen LogP contribution >= 0.6 is 0 Å². The Bertz CT molecular complexity index is 1530. The van der Waals surface area contributed by atoms with Gasteiger partial charge >= 0.3 is 5.97 Å². The van der Waals surface area contributed by atoms with Crippen LogP contribution in [-0.2, 0) is 19.8 Å². The van der Waals surface area contributed by atoms with Crippen molar-refractivity contribution in [1.82, 2.24) is 4.90 Å². The molecule has 2 amide bonds. The number of aliphatic carboxylic acids is 1. The van der Waals surface area contributed by atoms with E-state index in [1.54, 1.807) is 19.1 Å². The number of benzene rings is 2. The smallest absolute Gasteiger partial charge is 0.303 e. The van der Waals surface area contributed by atoms with Gasteiger partial charge in [0.05, 0.1) is 23.7 Å². The van der Waals surface area contributed by atoms with E-state index in [9.17, 15) is 14.4 Å². The molecule has 0 bridgehead atoms. The maximum absolute atomic E-state index is 13.5. The van der Waals surface area contributed by atoms with Crippen LogP contribution in [0.25, 0.3) is 0 Å². The fourth-order valence-electron chi connectivity index (χ4n) is 6.25. The van der Waals surface area contributed by atoms with Crippen molar-refractivity contribution < 1.29 is 19.5 Å². The van der Waals surface area contributed by atoms with Gasteiger partial charge in [-0.25, -0.2) is 4.99 Å². The highest BCUT2D eigenvalue weighted by Crippen LogP contribution is 2.47. The van der Waals surface area contributed by atoms with Gasteiger partial charge in [0.25, 0.3) is 5.91 Å². The molecule has 8 heteroatoms. The standard InChI is InChI=1S/C35H38N4O4/c1-3-26(34(43)38-21-19-35(20-22-38)24-39(25(2)40)31-15-9-7-13-29(31)35)17-18-28-23-36-30(14-8-10-16-32(41)42)33(37-28)27-11-5-4-6-12-27/h3-7,9,11-13,15,17-18H,1,8,10,14,16,19-24H2,2H3,(H,41,42)/b26-17+,28-18+. The topological polar surface area (TPSA) is 103 Å². The number of aliphatic imine (C=N–C) groups is 2. The zero-order valence-electron chi connectivity index (χ0n) is 24.7. The van der Waals surface area contributed by atoms with E-state index in [0.29, 0.717) is 44.6 Å². The van der Waals surface area contributed by atoms with Crippen molar-refractivity contribution >= 4 is 34.9 Å². The third kappa shape index (κ3) is 6.58. The van der Waals surface area contributed by atoms with Crippen molar-refractivity contribution in [3.63, 3.8) is 0 Å². The normalized spacial score (nSPS) is 18.7. The van der Waals surface area contributed by atoms with Gasteiger partial charge in [0.2, 0.25) is 5.91 Å². The number of unbranched alkanes of at least 4 members (excludes halogenated alkanes) is 1. The average Bonchev–Trinajstić information content (AvgIpc) is 3.34. The molecule has 0 aliphatic carbocycles. The third-order valence-electron chi connectivity index (χ3n) is 8.60. The lowest BCUT2D eigenvalue weighted by Crippen LogP contribution is -2.47. The van der Waals surface area contributed by atoms with Crippen molar-refractivity contribution in [2.75, 3.05) is 31.1 Å². The summed E-state index contributed by atoms with van der Waals surface area (Å²) in [5.74, 6) is -0.815. The van der Waals surface area contributed by atoms with E-state index in [1.165, 1.54) is 5.56 Å². The minimum Gasteiger partial charge on any atom is -0.481 e. The minimum absolute atomic E-state index is 0.0446. The van der Waals surface area contributed by atoms with Crippen LogP contribution in [0.5, 0.6) is 0 Å². The predicted octanol–water partition coefficient (Wildman–Crippen LogP) is 5.50. The van der Waals surface area contributed by atoms with Crippen LogP contribution in [0.1, 0.15) is 56.6 Å². The summed E-state index contributed by atoms with van der Waals surface area (Å²) in [5, 5.41) is 8.96. The molecule has 222 valence electrons. The number of carbonyl (C=O) groups excluding carboxylic acids is 2. The van der Waals surface area contributed by atoms with Gasteiger partial charge in [0.15, 0.2) is 0 Å². The predicted molar refractivity (Wildman–Crippen MR) is 170 cm³/mol. The molecule has 1 spiro atoms. The summed E-state index contributed by atoms with van der Waals surface area (Å²) in [5.41, 5.74) is 5.91. The number of carboxylic acid groups (broad SMARTS) is 1. The monoisotopic (exact) mass is 578 g/mol. The highest BCUT2D eigenvalue weighted by molar-refractivity contribution is 6.49. The first kappa shape index (κ1) is 29.9. The molecule has 43 heavy (non-hydrogen) atoms. The van der Waals surface area contributed by atoms with Crippen molar-refractivity contribution in [2.24, 2.45) is 9.98 Å². The summed E-state index contributed by atoms with van der Waals surface area (Å²) in [7, 11) is 0. The van der Waals surface area contributed by atoms with E-state index >= 15 is 0 Å². The number of fused-ring (bicyclic) bond motifs is 2. The van der Waals surface area contributed by atoms with Crippen molar-refractivity contribution in [1.29, 1.82) is 0 Å². The van der Waals surface area contributed by atoms with Gasteiger partial charge in [-0.15, -0.1) is 0 Å². The molecule has 2 aromatic rings. The lowest BCUT2D eigenvalue weighted by Gasteiger charge is -2.40. The van der Waals surface area contributed by atoms with Gasteiger partial charge in [0.1, 0.15) is 0 Å². The Labute approximate surface area is 252 Å². The molecule has 0 aromatic heterocycles. The number of carbonyl (C=O) groups is 3. The first-order valence-corrected chi connectivity index (χ1v) is 14.9. The van der Waals surface area contributed by atoms with Gasteiger partial charge in [0, 0.05) is 55.2 Å². The largest absolute Gasteiger partial charge is 0.481 e. The van der Waals surface area contributed by atoms with Crippen molar-refractivity contribution in [3.8, 4) is 0 Å². The van der Waals surface area contributed by atoms with Crippen LogP contribution in [0.3, 0.4) is 0 Å². The summed E-state index contributed by atoms with van der Waals surface area (Å²) in [4.78, 5) is 50.2. The van der Waals surface area contributed by atoms with E-state index in [1.807, 2.05) is 64.4 Å². The second-order valence-electron chi connectivity index (χ2n) is 11.4. The number of amides is 2. The van der Waals surface area contributed by atoms with Crippen LogP contribution in [0.2, 0.25) is 0 Å². The molecule has 3 aliphatic rings. The average molecular weight is 579 g/mol. The summed E-state index contributed by atoms with van der Waals surface area (Å²) in [6.45, 7) is 7.76. The number of rotatable bonds is 9. The van der Waals surface area contributed by atoms with Crippen LogP contribution < -0.4 is 4.90 Å². The Morgan fingerprint density at radius 1 is 1.02 bits per heavy atom. The number of hydrogen-bond acceptors (Lipinski definition) is 5. The first-order chi connectivity index (χ1) is 20.8. The lowest BCUT2D eigenvalue weighted by molar-refractivity contribution is -0.137. The number of nitrogens with zero attached hydrogens (tertiary/aromatic N) is 4. The van der Waals surface area contributed by atoms with E-state index in [4.69, 9.17) is 15.1 Å². The number of hydrogen-bond donors (Lipinski definition) is 1. The Hall–Kier alpha value is -4.59. The SMILES string of the molecule is C=C/C(=C\C=C1/CN=C(CCCCC(=O)O)C(c2ccccc2)=N1)C(=O)N1CCC2(CC1)CN(C(C)=O)c1ccccc12. The van der Waals surface area contributed by atoms with Crippen molar-refractivity contribution in [3.05, 3.63) is 102 Å².